The van der Waals surface area contributed by atoms with E-state index in [4.69, 9.17) is 9.72 Å². The number of aryl methyl sites for hydroxylation is 2. The normalized spacial score (nSPS) is 16.2. The number of benzene rings is 1. The molecule has 1 aliphatic rings. The third-order valence-corrected chi connectivity index (χ3v) is 6.66. The van der Waals surface area contributed by atoms with E-state index < -0.39 is 15.9 Å². The molecule has 1 aliphatic heterocycles. The Hall–Kier alpha value is -3.20. The Kier molecular flexibility index (Phi) is 5.09. The van der Waals surface area contributed by atoms with E-state index in [1.54, 1.807) is 52.9 Å². The van der Waals surface area contributed by atoms with Crippen LogP contribution in [0.5, 0.6) is 5.75 Å². The molecule has 0 bridgehead atoms. The second-order valence-corrected chi connectivity index (χ2v) is 9.79. The number of hydrogen-bond donors (Lipinski definition) is 0. The first kappa shape index (κ1) is 21.0. The molecule has 162 valence electrons. The summed E-state index contributed by atoms with van der Waals surface area (Å²) >= 11 is 0. The molecule has 3 aromatic rings. The van der Waals surface area contributed by atoms with Crippen molar-refractivity contribution < 1.29 is 17.9 Å². The molecule has 1 atom stereocenters. The van der Waals surface area contributed by atoms with Gasteiger partial charge in [0.2, 0.25) is 0 Å². The summed E-state index contributed by atoms with van der Waals surface area (Å²) in [4.78, 5) is 19.5. The van der Waals surface area contributed by atoms with Crippen LogP contribution < -0.4 is 9.64 Å². The fourth-order valence-electron chi connectivity index (χ4n) is 3.69. The number of pyridine rings is 1. The van der Waals surface area contributed by atoms with Gasteiger partial charge in [-0.15, -0.1) is 0 Å². The van der Waals surface area contributed by atoms with Crippen molar-refractivity contribution in [1.29, 1.82) is 0 Å². The van der Waals surface area contributed by atoms with Gasteiger partial charge in [0.15, 0.2) is 27.5 Å². The molecule has 0 spiro atoms. The van der Waals surface area contributed by atoms with Crippen LogP contribution in [0.15, 0.2) is 41.3 Å². The van der Waals surface area contributed by atoms with Crippen LogP contribution in [0, 0.1) is 13.8 Å². The molecular weight excluding hydrogens is 416 g/mol. The second kappa shape index (κ2) is 7.49. The highest BCUT2D eigenvalue weighted by Crippen LogP contribution is 2.36. The van der Waals surface area contributed by atoms with Crippen molar-refractivity contribution in [2.75, 3.05) is 11.2 Å². The van der Waals surface area contributed by atoms with Crippen LogP contribution in [0.25, 0.3) is 11.3 Å². The Morgan fingerprint density at radius 1 is 1.16 bits per heavy atom. The number of nitrogens with zero attached hydrogens (tertiary/aromatic N) is 4. The molecule has 9 heteroatoms. The standard InChI is InChI=1S/C22H24N4O4S/c1-13-18(14(2)25(4)24-13)12-26-21-20(30-15(3)22(26)27)10-9-19(23-21)16-7-6-8-17(11-16)31(5,28)29/h6-11,15H,12H2,1-5H3/t15-/m1/s1. The van der Waals surface area contributed by atoms with E-state index in [-0.39, 0.29) is 10.8 Å². The maximum atomic E-state index is 13.0. The van der Waals surface area contributed by atoms with E-state index in [9.17, 15) is 13.2 Å². The molecule has 0 aliphatic carbocycles. The zero-order chi connectivity index (χ0) is 22.5. The maximum absolute atomic E-state index is 13.0. The average Bonchev–Trinajstić information content (AvgIpc) is 2.96. The Morgan fingerprint density at radius 3 is 2.55 bits per heavy atom. The first-order valence-electron chi connectivity index (χ1n) is 9.85. The van der Waals surface area contributed by atoms with Crippen molar-refractivity contribution in [3.8, 4) is 17.0 Å². The van der Waals surface area contributed by atoms with E-state index in [0.29, 0.717) is 29.4 Å². The molecule has 1 amide bonds. The molecule has 0 radical (unpaired) electrons. The van der Waals surface area contributed by atoms with Crippen molar-refractivity contribution in [1.82, 2.24) is 14.8 Å². The van der Waals surface area contributed by atoms with E-state index in [2.05, 4.69) is 5.10 Å². The zero-order valence-corrected chi connectivity index (χ0v) is 18.9. The number of fused-ring (bicyclic) bond motifs is 1. The largest absolute Gasteiger partial charge is 0.477 e. The summed E-state index contributed by atoms with van der Waals surface area (Å²) in [5.74, 6) is 0.729. The highest BCUT2D eigenvalue weighted by molar-refractivity contribution is 7.90. The van der Waals surface area contributed by atoms with Crippen LogP contribution in [0.4, 0.5) is 5.82 Å². The quantitative estimate of drug-likeness (QED) is 0.619. The van der Waals surface area contributed by atoms with Crippen LogP contribution in [0.1, 0.15) is 23.9 Å². The number of carbonyl (C=O) groups excluding carboxylic acids is 1. The van der Waals surface area contributed by atoms with Gasteiger partial charge in [0, 0.05) is 30.1 Å². The molecule has 31 heavy (non-hydrogen) atoms. The number of rotatable bonds is 4. The average molecular weight is 441 g/mol. The Morgan fingerprint density at radius 2 is 1.90 bits per heavy atom. The summed E-state index contributed by atoms with van der Waals surface area (Å²) in [6.45, 7) is 5.92. The number of hydrogen-bond acceptors (Lipinski definition) is 6. The lowest BCUT2D eigenvalue weighted by Gasteiger charge is -2.32. The molecular formula is C22H24N4O4S. The molecule has 0 fully saturated rings. The number of amides is 1. The minimum Gasteiger partial charge on any atom is -0.477 e. The number of ether oxygens (including phenoxy) is 1. The summed E-state index contributed by atoms with van der Waals surface area (Å²) in [6, 6.07) is 10.1. The lowest BCUT2D eigenvalue weighted by atomic mass is 10.1. The summed E-state index contributed by atoms with van der Waals surface area (Å²) in [5, 5.41) is 4.44. The fraction of sp³-hybridized carbons (Fsp3) is 0.318. The summed E-state index contributed by atoms with van der Waals surface area (Å²) in [7, 11) is -1.48. The number of anilines is 1. The van der Waals surface area contributed by atoms with Gasteiger partial charge >= 0.3 is 0 Å². The fourth-order valence-corrected chi connectivity index (χ4v) is 4.36. The maximum Gasteiger partial charge on any atom is 0.269 e. The summed E-state index contributed by atoms with van der Waals surface area (Å²) in [5.41, 5.74) is 3.99. The number of sulfone groups is 1. The SMILES string of the molecule is Cc1nn(C)c(C)c1CN1C(=O)[C@@H](C)Oc2ccc(-c3cccc(S(C)(=O)=O)c3)nc21. The molecule has 1 aromatic carbocycles. The Bertz CT molecular complexity index is 1300. The van der Waals surface area contributed by atoms with Gasteiger partial charge in [0.25, 0.3) is 5.91 Å². The Balaban J connectivity index is 1.80. The van der Waals surface area contributed by atoms with Gasteiger partial charge in [0.05, 0.1) is 22.8 Å². The third-order valence-electron chi connectivity index (χ3n) is 5.55. The summed E-state index contributed by atoms with van der Waals surface area (Å²) in [6.07, 6.45) is 0.534. The van der Waals surface area contributed by atoms with Gasteiger partial charge in [-0.2, -0.15) is 5.10 Å². The topological polar surface area (TPSA) is 94.4 Å². The molecule has 0 unspecified atom stereocenters. The zero-order valence-electron chi connectivity index (χ0n) is 18.1. The van der Waals surface area contributed by atoms with Crippen LogP contribution in [0.2, 0.25) is 0 Å². The van der Waals surface area contributed by atoms with Crippen LogP contribution in [-0.2, 0) is 28.2 Å². The molecule has 3 heterocycles. The van der Waals surface area contributed by atoms with Crippen LogP contribution in [0.3, 0.4) is 0 Å². The van der Waals surface area contributed by atoms with E-state index >= 15 is 0 Å². The second-order valence-electron chi connectivity index (χ2n) is 7.78. The van der Waals surface area contributed by atoms with Crippen molar-refractivity contribution in [2.24, 2.45) is 7.05 Å². The van der Waals surface area contributed by atoms with E-state index in [1.807, 2.05) is 20.9 Å². The number of carbonyl (C=O) groups is 1. The number of aromatic nitrogens is 3. The summed E-state index contributed by atoms with van der Waals surface area (Å²) < 4.78 is 31.5. The van der Waals surface area contributed by atoms with Gasteiger partial charge in [-0.1, -0.05) is 12.1 Å². The lowest BCUT2D eigenvalue weighted by molar-refractivity contribution is -0.125. The highest BCUT2D eigenvalue weighted by Gasteiger charge is 2.34. The highest BCUT2D eigenvalue weighted by atomic mass is 32.2. The van der Waals surface area contributed by atoms with E-state index in [0.717, 1.165) is 17.0 Å². The first-order valence-corrected chi connectivity index (χ1v) is 11.7. The van der Waals surface area contributed by atoms with Gasteiger partial charge < -0.3 is 4.74 Å². The monoisotopic (exact) mass is 440 g/mol. The minimum atomic E-state index is -3.35. The van der Waals surface area contributed by atoms with Gasteiger partial charge in [-0.25, -0.2) is 13.4 Å². The predicted octanol–water partition coefficient (Wildman–Crippen LogP) is 2.82. The van der Waals surface area contributed by atoms with E-state index in [1.165, 1.54) is 6.26 Å². The van der Waals surface area contributed by atoms with Crippen molar-refractivity contribution in [3.05, 3.63) is 53.3 Å². The van der Waals surface area contributed by atoms with Gasteiger partial charge in [-0.05, 0) is 45.0 Å². The first-order chi connectivity index (χ1) is 14.6. The van der Waals surface area contributed by atoms with Gasteiger partial charge in [-0.3, -0.25) is 14.4 Å². The molecule has 2 aromatic heterocycles. The van der Waals surface area contributed by atoms with Crippen LogP contribution in [-0.4, -0.2) is 41.4 Å². The molecule has 8 nitrogen and oxygen atoms in total. The minimum absolute atomic E-state index is 0.190. The Labute approximate surface area is 181 Å². The predicted molar refractivity (Wildman–Crippen MR) is 117 cm³/mol. The van der Waals surface area contributed by atoms with Crippen LogP contribution >= 0.6 is 0 Å². The molecule has 0 saturated carbocycles. The van der Waals surface area contributed by atoms with Crippen molar-refractivity contribution >= 4 is 21.6 Å². The lowest BCUT2D eigenvalue weighted by Crippen LogP contribution is -2.44. The molecule has 0 saturated heterocycles. The van der Waals surface area contributed by atoms with Crippen molar-refractivity contribution in [3.63, 3.8) is 0 Å². The van der Waals surface area contributed by atoms with Gasteiger partial charge in [0.1, 0.15) is 0 Å². The third kappa shape index (κ3) is 3.81. The molecule has 4 rings (SSSR count). The molecule has 0 N–H and O–H groups in total. The smallest absolute Gasteiger partial charge is 0.269 e. The van der Waals surface area contributed by atoms with Crippen molar-refractivity contribution in [2.45, 2.75) is 38.3 Å².